The molecule has 3 rings (SSSR count). The van der Waals surface area contributed by atoms with Gasteiger partial charge in [-0.05, 0) is 24.3 Å². The maximum Gasteiger partial charge on any atom is 0.337 e. The molecule has 1 heterocycles. The summed E-state index contributed by atoms with van der Waals surface area (Å²) in [5.41, 5.74) is 2.10. The molecule has 122 valence electrons. The first-order valence-electron chi connectivity index (χ1n) is 7.16. The summed E-state index contributed by atoms with van der Waals surface area (Å²) in [5, 5.41) is 10.2. The lowest BCUT2D eigenvalue weighted by Gasteiger charge is -2.19. The predicted octanol–water partition coefficient (Wildman–Crippen LogP) is 2.84. The topological polar surface area (TPSA) is 76.1 Å². The van der Waals surface area contributed by atoms with E-state index in [1.54, 1.807) is 18.2 Å². The molecule has 1 amide bonds. The Hall–Kier alpha value is -3.28. The third-order valence-corrected chi connectivity index (χ3v) is 3.74. The maximum absolute atomic E-state index is 12.8. The second-order valence-corrected chi connectivity index (χ2v) is 5.12. The van der Waals surface area contributed by atoms with Gasteiger partial charge in [-0.1, -0.05) is 18.2 Å². The summed E-state index contributed by atoms with van der Waals surface area (Å²) in [6.45, 7) is 0. The van der Waals surface area contributed by atoms with Crippen LogP contribution in [0.2, 0.25) is 0 Å². The molecular weight excluding hydrogens is 310 g/mol. The Labute approximate surface area is 138 Å². The Morgan fingerprint density at radius 3 is 2.58 bits per heavy atom. The summed E-state index contributed by atoms with van der Waals surface area (Å²) < 4.78 is 9.70. The first kappa shape index (κ1) is 15.6. The van der Waals surface area contributed by atoms with E-state index in [2.05, 4.69) is 0 Å². The molecule has 0 fully saturated rings. The number of carbonyl (C=O) groups is 2. The summed E-state index contributed by atoms with van der Waals surface area (Å²) in [6.07, 6.45) is 1.36. The summed E-state index contributed by atoms with van der Waals surface area (Å²) >= 11 is 0. The van der Waals surface area contributed by atoms with Gasteiger partial charge in [0.25, 0.3) is 5.91 Å². The molecule has 2 aromatic carbocycles. The normalized spacial score (nSPS) is 14.7. The van der Waals surface area contributed by atoms with Crippen LogP contribution in [0.15, 0.2) is 48.7 Å². The second kappa shape index (κ2) is 6.08. The number of hydrogen-bond acceptors (Lipinski definition) is 5. The highest BCUT2D eigenvalue weighted by molar-refractivity contribution is 6.35. The van der Waals surface area contributed by atoms with Gasteiger partial charge in [0.15, 0.2) is 0 Å². The average molecular weight is 325 g/mol. The lowest BCUT2D eigenvalue weighted by atomic mass is 10.1. The van der Waals surface area contributed by atoms with Crippen molar-refractivity contribution < 1.29 is 24.2 Å². The molecule has 6 nitrogen and oxygen atoms in total. The van der Waals surface area contributed by atoms with Crippen LogP contribution >= 0.6 is 0 Å². The summed E-state index contributed by atoms with van der Waals surface area (Å²) in [7, 11) is 2.73. The van der Waals surface area contributed by atoms with E-state index in [4.69, 9.17) is 9.47 Å². The van der Waals surface area contributed by atoms with Gasteiger partial charge >= 0.3 is 5.97 Å². The molecule has 24 heavy (non-hydrogen) atoms. The number of phenols is 1. The molecular formula is C18H15NO5. The fourth-order valence-electron chi connectivity index (χ4n) is 2.66. The van der Waals surface area contributed by atoms with Crippen molar-refractivity contribution in [3.8, 4) is 5.75 Å². The number of ether oxygens (including phenoxy) is 2. The number of nitrogens with zero attached hydrogens (tertiary/aromatic N) is 1. The van der Waals surface area contributed by atoms with Crippen LogP contribution in [0.4, 0.5) is 11.4 Å². The molecule has 0 spiro atoms. The van der Waals surface area contributed by atoms with Gasteiger partial charge in [0, 0.05) is 5.56 Å². The molecule has 0 unspecified atom stereocenters. The van der Waals surface area contributed by atoms with Gasteiger partial charge in [-0.2, -0.15) is 0 Å². The smallest absolute Gasteiger partial charge is 0.337 e. The number of rotatable bonds is 3. The van der Waals surface area contributed by atoms with Gasteiger partial charge in [0.2, 0.25) is 0 Å². The number of phenolic OH excluding ortho intramolecular Hbond substituents is 1. The molecule has 0 aromatic heterocycles. The summed E-state index contributed by atoms with van der Waals surface area (Å²) in [5.74, 6) is -1.02. The number of fused-ring (bicyclic) bond motifs is 1. The lowest BCUT2D eigenvalue weighted by molar-refractivity contribution is -0.112. The standard InChI is InChI=1S/C18H15NO5/c1-23-10-13-12-5-3-4-6-14(12)19(17(13)21)15-9-11(18(22)24-2)7-8-16(15)20/h3-10,20H,1-2H3. The van der Waals surface area contributed by atoms with Crippen molar-refractivity contribution in [2.75, 3.05) is 19.1 Å². The van der Waals surface area contributed by atoms with Gasteiger partial charge in [-0.15, -0.1) is 0 Å². The second-order valence-electron chi connectivity index (χ2n) is 5.12. The minimum atomic E-state index is -0.552. The zero-order valence-electron chi connectivity index (χ0n) is 13.1. The van der Waals surface area contributed by atoms with E-state index < -0.39 is 5.97 Å². The van der Waals surface area contributed by atoms with Crippen molar-refractivity contribution in [2.45, 2.75) is 0 Å². The molecule has 1 aliphatic rings. The zero-order valence-corrected chi connectivity index (χ0v) is 13.1. The predicted molar refractivity (Wildman–Crippen MR) is 88.0 cm³/mol. The minimum Gasteiger partial charge on any atom is -0.506 e. The maximum atomic E-state index is 12.8. The number of methoxy groups -OCH3 is 2. The number of benzene rings is 2. The van der Waals surface area contributed by atoms with Gasteiger partial charge in [0.05, 0.1) is 43.0 Å². The third-order valence-electron chi connectivity index (χ3n) is 3.74. The number of anilines is 2. The van der Waals surface area contributed by atoms with Crippen molar-refractivity contribution in [3.05, 3.63) is 59.9 Å². The van der Waals surface area contributed by atoms with Gasteiger partial charge in [0.1, 0.15) is 5.75 Å². The van der Waals surface area contributed by atoms with Crippen LogP contribution in [0.3, 0.4) is 0 Å². The number of esters is 1. The van der Waals surface area contributed by atoms with Crippen molar-refractivity contribution in [3.63, 3.8) is 0 Å². The van der Waals surface area contributed by atoms with Crippen LogP contribution in [-0.2, 0) is 14.3 Å². The van der Waals surface area contributed by atoms with Gasteiger partial charge in [-0.25, -0.2) is 4.79 Å². The van der Waals surface area contributed by atoms with Crippen LogP contribution in [0.5, 0.6) is 5.75 Å². The fraction of sp³-hybridized carbons (Fsp3) is 0.111. The first-order chi connectivity index (χ1) is 11.6. The molecule has 1 N–H and O–H groups in total. The van der Waals surface area contributed by atoms with Crippen molar-refractivity contribution in [1.29, 1.82) is 0 Å². The van der Waals surface area contributed by atoms with Crippen molar-refractivity contribution in [2.24, 2.45) is 0 Å². The molecule has 0 saturated carbocycles. The molecule has 6 heteroatoms. The van der Waals surface area contributed by atoms with E-state index in [1.165, 1.54) is 43.6 Å². The Bertz CT molecular complexity index is 856. The van der Waals surface area contributed by atoms with E-state index in [1.807, 2.05) is 6.07 Å². The quantitative estimate of drug-likeness (QED) is 0.533. The fourth-order valence-corrected chi connectivity index (χ4v) is 2.66. The lowest BCUT2D eigenvalue weighted by Crippen LogP contribution is -2.21. The monoisotopic (exact) mass is 325 g/mol. The molecule has 0 aliphatic carbocycles. The molecule has 0 bridgehead atoms. The minimum absolute atomic E-state index is 0.121. The molecule has 2 aromatic rings. The molecule has 1 aliphatic heterocycles. The van der Waals surface area contributed by atoms with E-state index in [9.17, 15) is 14.7 Å². The Morgan fingerprint density at radius 1 is 1.12 bits per heavy atom. The Morgan fingerprint density at radius 2 is 1.88 bits per heavy atom. The highest BCUT2D eigenvalue weighted by atomic mass is 16.5. The summed E-state index contributed by atoms with van der Waals surface area (Å²) in [6, 6.07) is 11.4. The molecule has 0 atom stereocenters. The van der Waals surface area contributed by atoms with E-state index in [0.717, 1.165) is 0 Å². The van der Waals surface area contributed by atoms with Crippen molar-refractivity contribution >= 4 is 28.8 Å². The van der Waals surface area contributed by atoms with Crippen LogP contribution in [0, 0.1) is 0 Å². The first-order valence-corrected chi connectivity index (χ1v) is 7.16. The third kappa shape index (κ3) is 2.38. The van der Waals surface area contributed by atoms with E-state index in [-0.39, 0.29) is 22.9 Å². The largest absolute Gasteiger partial charge is 0.506 e. The SMILES string of the molecule is COC=C1C(=O)N(c2cc(C(=O)OC)ccc2O)c2ccccc21. The van der Waals surface area contributed by atoms with Crippen molar-refractivity contribution in [1.82, 2.24) is 0 Å². The molecule has 0 saturated heterocycles. The summed E-state index contributed by atoms with van der Waals surface area (Å²) in [4.78, 5) is 25.9. The number of carbonyl (C=O) groups excluding carboxylic acids is 2. The van der Waals surface area contributed by atoms with Crippen LogP contribution in [-0.4, -0.2) is 31.2 Å². The number of hydrogen-bond donors (Lipinski definition) is 1. The molecule has 0 radical (unpaired) electrons. The number of aromatic hydroxyl groups is 1. The van der Waals surface area contributed by atoms with Gasteiger partial charge < -0.3 is 14.6 Å². The van der Waals surface area contributed by atoms with Crippen LogP contribution in [0.1, 0.15) is 15.9 Å². The van der Waals surface area contributed by atoms with Crippen LogP contribution < -0.4 is 4.90 Å². The van der Waals surface area contributed by atoms with E-state index >= 15 is 0 Å². The Kier molecular flexibility index (Phi) is 3.95. The average Bonchev–Trinajstić information content (AvgIpc) is 2.87. The van der Waals surface area contributed by atoms with E-state index in [0.29, 0.717) is 16.8 Å². The number of amides is 1. The van der Waals surface area contributed by atoms with Crippen LogP contribution in [0.25, 0.3) is 5.57 Å². The van der Waals surface area contributed by atoms with Gasteiger partial charge in [-0.3, -0.25) is 9.69 Å². The highest BCUT2D eigenvalue weighted by Gasteiger charge is 2.35. The zero-order chi connectivity index (χ0) is 17.3. The highest BCUT2D eigenvalue weighted by Crippen LogP contribution is 2.44. The Balaban J connectivity index is 2.18. The number of para-hydroxylation sites is 1.